The zero-order chi connectivity index (χ0) is 24.3. The predicted molar refractivity (Wildman–Crippen MR) is 131 cm³/mol. The Labute approximate surface area is 201 Å². The quantitative estimate of drug-likeness (QED) is 0.665. The Balaban J connectivity index is 1.75. The maximum absolute atomic E-state index is 13.8. The molecule has 2 aliphatic rings. The van der Waals surface area contributed by atoms with Gasteiger partial charge in [-0.05, 0) is 38.0 Å². The highest BCUT2D eigenvalue weighted by atomic mass is 16.5. The number of hydrogen-bond acceptors (Lipinski definition) is 5. The number of nitrogens with zero attached hydrogens (tertiary/aromatic N) is 2. The number of rotatable bonds is 7. The molecule has 2 heterocycles. The molecule has 0 saturated heterocycles. The molecule has 1 saturated carbocycles. The number of aromatic nitrogens is 1. The molecule has 186 valence electrons. The van der Waals surface area contributed by atoms with Crippen LogP contribution in [-0.2, 0) is 16.1 Å². The van der Waals surface area contributed by atoms with E-state index in [9.17, 15) is 9.59 Å². The molecule has 2 aromatic rings. The lowest BCUT2D eigenvalue weighted by Gasteiger charge is -2.44. The second-order valence-electron chi connectivity index (χ2n) is 9.59. The largest absolute Gasteiger partial charge is 0.496 e. The molecule has 1 aromatic carbocycles. The molecule has 1 aliphatic heterocycles. The van der Waals surface area contributed by atoms with E-state index in [0.29, 0.717) is 36.9 Å². The Bertz CT molecular complexity index is 1040. The minimum atomic E-state index is -1.06. The summed E-state index contributed by atoms with van der Waals surface area (Å²) in [7, 11) is 4.82. The molecular weight excluding hydrogens is 434 g/mol. The van der Waals surface area contributed by atoms with E-state index in [0.717, 1.165) is 36.6 Å². The molecule has 1 fully saturated rings. The van der Waals surface area contributed by atoms with Crippen molar-refractivity contribution in [2.45, 2.75) is 70.0 Å². The molecule has 8 heteroatoms. The molecule has 0 bridgehead atoms. The van der Waals surface area contributed by atoms with Gasteiger partial charge in [0.15, 0.2) is 0 Å². The second kappa shape index (κ2) is 10.3. The molecule has 2 amide bonds. The van der Waals surface area contributed by atoms with E-state index in [-0.39, 0.29) is 17.9 Å². The average molecular weight is 472 g/mol. The molecule has 1 aliphatic carbocycles. The Morgan fingerprint density at radius 2 is 1.71 bits per heavy atom. The van der Waals surface area contributed by atoms with Crippen molar-refractivity contribution in [1.82, 2.24) is 14.8 Å². The van der Waals surface area contributed by atoms with Crippen molar-refractivity contribution in [3.05, 3.63) is 23.9 Å². The maximum atomic E-state index is 13.8. The summed E-state index contributed by atoms with van der Waals surface area (Å²) in [6.07, 6.45) is 7.90. The van der Waals surface area contributed by atoms with E-state index < -0.39 is 5.54 Å². The van der Waals surface area contributed by atoms with E-state index in [1.807, 2.05) is 29.7 Å². The van der Waals surface area contributed by atoms with Crippen LogP contribution in [0, 0.1) is 0 Å². The lowest BCUT2D eigenvalue weighted by Crippen LogP contribution is -2.65. The van der Waals surface area contributed by atoms with E-state index in [4.69, 9.17) is 14.2 Å². The van der Waals surface area contributed by atoms with Crippen LogP contribution in [0.4, 0.5) is 0 Å². The van der Waals surface area contributed by atoms with Crippen molar-refractivity contribution >= 4 is 22.7 Å². The number of amides is 2. The number of carbonyl (C=O) groups is 2. The first-order chi connectivity index (χ1) is 16.4. The minimum absolute atomic E-state index is 0.114. The normalized spacial score (nSPS) is 21.6. The van der Waals surface area contributed by atoms with Crippen molar-refractivity contribution in [3.63, 3.8) is 0 Å². The predicted octanol–water partition coefficient (Wildman–Crippen LogP) is 3.75. The van der Waals surface area contributed by atoms with E-state index in [1.165, 1.54) is 19.3 Å². The molecule has 0 radical (unpaired) electrons. The monoisotopic (exact) mass is 471 g/mol. The van der Waals surface area contributed by atoms with Crippen LogP contribution in [0.15, 0.2) is 18.2 Å². The lowest BCUT2D eigenvalue weighted by molar-refractivity contribution is -0.134. The van der Waals surface area contributed by atoms with Gasteiger partial charge in [0.05, 0.1) is 32.9 Å². The summed E-state index contributed by atoms with van der Waals surface area (Å²) < 4.78 is 18.4. The maximum Gasteiger partial charge on any atom is 0.271 e. The van der Waals surface area contributed by atoms with Gasteiger partial charge in [-0.25, -0.2) is 0 Å². The van der Waals surface area contributed by atoms with Crippen LogP contribution in [-0.4, -0.2) is 67.3 Å². The van der Waals surface area contributed by atoms with Crippen LogP contribution < -0.4 is 14.8 Å². The first-order valence-corrected chi connectivity index (χ1v) is 12.3. The summed E-state index contributed by atoms with van der Waals surface area (Å²) in [6.45, 7) is 2.87. The third kappa shape index (κ3) is 4.35. The first-order valence-electron chi connectivity index (χ1n) is 12.3. The van der Waals surface area contributed by atoms with Crippen molar-refractivity contribution in [2.75, 3.05) is 34.5 Å². The number of methoxy groups -OCH3 is 3. The van der Waals surface area contributed by atoms with Crippen LogP contribution in [0.1, 0.15) is 62.4 Å². The van der Waals surface area contributed by atoms with Crippen molar-refractivity contribution < 1.29 is 23.8 Å². The number of ether oxygens (including phenoxy) is 3. The first kappa shape index (κ1) is 24.4. The topological polar surface area (TPSA) is 82.0 Å². The molecule has 1 N–H and O–H groups in total. The average Bonchev–Trinajstić information content (AvgIpc) is 3.19. The molecule has 4 rings (SSSR count). The molecular formula is C26H37N3O5. The third-order valence-electron chi connectivity index (χ3n) is 7.40. The zero-order valence-corrected chi connectivity index (χ0v) is 20.8. The summed E-state index contributed by atoms with van der Waals surface area (Å²) >= 11 is 0. The van der Waals surface area contributed by atoms with Crippen LogP contribution in [0.2, 0.25) is 0 Å². The summed E-state index contributed by atoms with van der Waals surface area (Å²) in [5, 5.41) is 4.10. The van der Waals surface area contributed by atoms with Gasteiger partial charge in [0, 0.05) is 25.1 Å². The SMILES string of the molecule is COCCN1C(=O)c2cc3c(OC)ccc(OC)c3n2CC1(C)C(=O)NC1CCCCCCC1. The van der Waals surface area contributed by atoms with Gasteiger partial charge >= 0.3 is 0 Å². The Hall–Kier alpha value is -2.74. The van der Waals surface area contributed by atoms with Crippen LogP contribution in [0.5, 0.6) is 11.5 Å². The summed E-state index contributed by atoms with van der Waals surface area (Å²) in [5.41, 5.74) is 0.220. The fraction of sp³-hybridized carbons (Fsp3) is 0.615. The number of fused-ring (bicyclic) bond motifs is 3. The Morgan fingerprint density at radius 1 is 1.06 bits per heavy atom. The molecule has 1 atom stereocenters. The van der Waals surface area contributed by atoms with E-state index >= 15 is 0 Å². The molecule has 34 heavy (non-hydrogen) atoms. The Kier molecular flexibility index (Phi) is 7.36. The van der Waals surface area contributed by atoms with Gasteiger partial charge in [-0.3, -0.25) is 9.59 Å². The number of benzene rings is 1. The summed E-state index contributed by atoms with van der Waals surface area (Å²) in [4.78, 5) is 29.3. The van der Waals surface area contributed by atoms with Gasteiger partial charge in [0.25, 0.3) is 5.91 Å². The van der Waals surface area contributed by atoms with Gasteiger partial charge < -0.3 is 29.0 Å². The third-order valence-corrected chi connectivity index (χ3v) is 7.40. The van der Waals surface area contributed by atoms with Gasteiger partial charge in [-0.2, -0.15) is 0 Å². The highest BCUT2D eigenvalue weighted by Gasteiger charge is 2.48. The van der Waals surface area contributed by atoms with Crippen LogP contribution >= 0.6 is 0 Å². The van der Waals surface area contributed by atoms with Crippen LogP contribution in [0.25, 0.3) is 10.9 Å². The van der Waals surface area contributed by atoms with Crippen molar-refractivity contribution in [1.29, 1.82) is 0 Å². The van der Waals surface area contributed by atoms with E-state index in [2.05, 4.69) is 5.32 Å². The molecule has 0 spiro atoms. The standard InChI is InChI=1S/C26H37N3O5/c1-26(25(31)27-18-10-8-6-5-7-9-11-18)17-28-20(24(30)29(26)14-15-32-2)16-19-21(33-3)12-13-22(34-4)23(19)28/h12-13,16,18H,5-11,14-15,17H2,1-4H3,(H,27,31). The molecule has 8 nitrogen and oxygen atoms in total. The van der Waals surface area contributed by atoms with Gasteiger partial charge in [-0.1, -0.05) is 32.1 Å². The molecule has 1 aromatic heterocycles. The fourth-order valence-electron chi connectivity index (χ4n) is 5.43. The van der Waals surface area contributed by atoms with E-state index in [1.54, 1.807) is 26.2 Å². The highest BCUT2D eigenvalue weighted by molar-refractivity contribution is 6.05. The van der Waals surface area contributed by atoms with Crippen molar-refractivity contribution in [2.24, 2.45) is 0 Å². The van der Waals surface area contributed by atoms with Crippen molar-refractivity contribution in [3.8, 4) is 11.5 Å². The summed E-state index contributed by atoms with van der Waals surface area (Å²) in [6, 6.07) is 5.65. The number of hydrogen-bond donors (Lipinski definition) is 1. The number of nitrogens with one attached hydrogen (secondary N) is 1. The highest BCUT2D eigenvalue weighted by Crippen LogP contribution is 2.40. The zero-order valence-electron chi connectivity index (χ0n) is 20.8. The van der Waals surface area contributed by atoms with Gasteiger partial charge in [-0.15, -0.1) is 0 Å². The lowest BCUT2D eigenvalue weighted by atomic mass is 9.92. The molecule has 1 unspecified atom stereocenters. The van der Waals surface area contributed by atoms with Crippen LogP contribution in [0.3, 0.4) is 0 Å². The Morgan fingerprint density at radius 3 is 2.35 bits per heavy atom. The minimum Gasteiger partial charge on any atom is -0.496 e. The number of carbonyl (C=O) groups excluding carboxylic acids is 2. The van der Waals surface area contributed by atoms with Gasteiger partial charge in [0.1, 0.15) is 22.7 Å². The fourth-order valence-corrected chi connectivity index (χ4v) is 5.43. The second-order valence-corrected chi connectivity index (χ2v) is 9.59. The summed E-state index contributed by atoms with van der Waals surface area (Å²) in [5.74, 6) is 0.994. The smallest absolute Gasteiger partial charge is 0.271 e. The van der Waals surface area contributed by atoms with Gasteiger partial charge in [0.2, 0.25) is 5.91 Å².